The van der Waals surface area contributed by atoms with E-state index in [1.54, 1.807) is 4.68 Å². The number of benzene rings is 2. The van der Waals surface area contributed by atoms with Crippen LogP contribution in [0.15, 0.2) is 58.9 Å². The van der Waals surface area contributed by atoms with Crippen molar-refractivity contribution in [2.45, 2.75) is 11.3 Å². The number of para-hydroxylation sites is 3. The molecule has 0 bridgehead atoms. The van der Waals surface area contributed by atoms with Crippen molar-refractivity contribution >= 4 is 46.9 Å². The van der Waals surface area contributed by atoms with E-state index in [1.165, 1.54) is 23.1 Å². The van der Waals surface area contributed by atoms with Crippen LogP contribution in [0.25, 0.3) is 5.69 Å². The molecular weight excluding hydrogens is 386 g/mol. The monoisotopic (exact) mass is 403 g/mol. The maximum atomic E-state index is 12.3. The highest BCUT2D eigenvalue weighted by molar-refractivity contribution is 8.01. The minimum atomic E-state index is -0.116. The summed E-state index contributed by atoms with van der Waals surface area (Å²) in [5.41, 5.74) is 1.58. The number of nitrogens with zero attached hydrogens (tertiary/aromatic N) is 2. The molecule has 26 heavy (non-hydrogen) atoms. The van der Waals surface area contributed by atoms with Crippen molar-refractivity contribution in [1.82, 2.24) is 9.78 Å². The Kier molecular flexibility index (Phi) is 6.43. The highest BCUT2D eigenvalue weighted by atomic mass is 32.2. The Hall–Kier alpha value is -2.16. The Morgan fingerprint density at radius 3 is 2.73 bits per heavy atom. The molecule has 3 aromatic rings. The second kappa shape index (κ2) is 8.98. The number of hydrogen-bond acceptors (Lipinski definition) is 6. The van der Waals surface area contributed by atoms with Gasteiger partial charge < -0.3 is 10.1 Å². The minimum absolute atomic E-state index is 0.116. The van der Waals surface area contributed by atoms with Gasteiger partial charge in [0.05, 0.1) is 23.7 Å². The summed E-state index contributed by atoms with van der Waals surface area (Å²) in [6.45, 7) is 2.45. The van der Waals surface area contributed by atoms with Crippen LogP contribution in [-0.4, -0.2) is 28.0 Å². The van der Waals surface area contributed by atoms with Crippen molar-refractivity contribution in [3.05, 3.63) is 58.6 Å². The van der Waals surface area contributed by atoms with Crippen LogP contribution in [0.4, 0.5) is 5.69 Å². The number of carbonyl (C=O) groups excluding carboxylic acids is 1. The standard InChI is InChI=1S/C18H17N3O2S3/c1-2-23-15-11-7-6-10-14(15)19-16(22)12-25-17-20-21(18(24)26-17)13-8-4-3-5-9-13/h3-11H,2,12H2,1H3,(H,19,22). The Bertz CT molecular complexity index is 938. The van der Waals surface area contributed by atoms with Gasteiger partial charge in [0, 0.05) is 0 Å². The molecule has 2 aromatic carbocycles. The third-order valence-corrected chi connectivity index (χ3v) is 5.68. The summed E-state index contributed by atoms with van der Waals surface area (Å²) in [5.74, 6) is 0.796. The second-order valence-electron chi connectivity index (χ2n) is 5.15. The van der Waals surface area contributed by atoms with E-state index >= 15 is 0 Å². The number of thioether (sulfide) groups is 1. The molecule has 5 nitrogen and oxygen atoms in total. The lowest BCUT2D eigenvalue weighted by atomic mass is 10.3. The fraction of sp³-hybridized carbons (Fsp3) is 0.167. The molecule has 0 atom stereocenters. The highest BCUT2D eigenvalue weighted by Crippen LogP contribution is 2.26. The third-order valence-electron chi connectivity index (χ3n) is 3.32. The summed E-state index contributed by atoms with van der Waals surface area (Å²) in [4.78, 5) is 12.3. The summed E-state index contributed by atoms with van der Waals surface area (Å²) < 4.78 is 8.64. The normalized spacial score (nSPS) is 10.5. The van der Waals surface area contributed by atoms with Crippen LogP contribution < -0.4 is 10.1 Å². The van der Waals surface area contributed by atoms with Crippen molar-refractivity contribution in [1.29, 1.82) is 0 Å². The predicted molar refractivity (Wildman–Crippen MR) is 109 cm³/mol. The lowest BCUT2D eigenvalue weighted by Gasteiger charge is -2.10. The SMILES string of the molecule is CCOc1ccccc1NC(=O)CSc1nn(-c2ccccc2)c(=S)s1. The number of hydrogen-bond donors (Lipinski definition) is 1. The fourth-order valence-electron chi connectivity index (χ4n) is 2.22. The molecule has 8 heteroatoms. The third kappa shape index (κ3) is 4.72. The van der Waals surface area contributed by atoms with Crippen molar-refractivity contribution in [2.24, 2.45) is 0 Å². The number of anilines is 1. The lowest BCUT2D eigenvalue weighted by Crippen LogP contribution is -2.14. The quantitative estimate of drug-likeness (QED) is 0.454. The number of amides is 1. The number of ether oxygens (including phenoxy) is 1. The van der Waals surface area contributed by atoms with Gasteiger partial charge in [0.15, 0.2) is 8.29 Å². The number of carbonyl (C=O) groups is 1. The number of nitrogens with one attached hydrogen (secondary N) is 1. The smallest absolute Gasteiger partial charge is 0.234 e. The van der Waals surface area contributed by atoms with Gasteiger partial charge in [0.1, 0.15) is 5.75 Å². The van der Waals surface area contributed by atoms with Gasteiger partial charge in [-0.25, -0.2) is 4.68 Å². The molecule has 0 radical (unpaired) electrons. The molecule has 1 N–H and O–H groups in total. The van der Waals surface area contributed by atoms with Gasteiger partial charge >= 0.3 is 0 Å². The Balaban J connectivity index is 1.63. The molecule has 0 saturated heterocycles. The van der Waals surface area contributed by atoms with Crippen LogP contribution in [-0.2, 0) is 4.79 Å². The van der Waals surface area contributed by atoms with E-state index in [1.807, 2.05) is 61.5 Å². The molecular formula is C18H17N3O2S3. The zero-order chi connectivity index (χ0) is 18.4. The fourth-order valence-corrected chi connectivity index (χ4v) is 4.38. The van der Waals surface area contributed by atoms with Crippen LogP contribution in [0.2, 0.25) is 0 Å². The zero-order valence-corrected chi connectivity index (χ0v) is 16.5. The Morgan fingerprint density at radius 2 is 1.96 bits per heavy atom. The van der Waals surface area contributed by atoms with Crippen molar-refractivity contribution in [2.75, 3.05) is 17.7 Å². The van der Waals surface area contributed by atoms with Crippen molar-refractivity contribution < 1.29 is 9.53 Å². The van der Waals surface area contributed by atoms with E-state index in [2.05, 4.69) is 10.4 Å². The molecule has 0 fully saturated rings. The summed E-state index contributed by atoms with van der Waals surface area (Å²) in [6, 6.07) is 17.1. The van der Waals surface area contributed by atoms with E-state index < -0.39 is 0 Å². The average molecular weight is 404 g/mol. The molecule has 134 valence electrons. The molecule has 0 saturated carbocycles. The Morgan fingerprint density at radius 1 is 1.23 bits per heavy atom. The topological polar surface area (TPSA) is 56.1 Å². The van der Waals surface area contributed by atoms with Gasteiger partial charge in [-0.3, -0.25) is 4.79 Å². The van der Waals surface area contributed by atoms with E-state index in [4.69, 9.17) is 17.0 Å². The van der Waals surface area contributed by atoms with E-state index in [0.717, 1.165) is 10.0 Å². The van der Waals surface area contributed by atoms with Gasteiger partial charge in [-0.15, -0.1) is 5.10 Å². The van der Waals surface area contributed by atoms with E-state index in [0.29, 0.717) is 22.0 Å². The van der Waals surface area contributed by atoms with Gasteiger partial charge in [-0.1, -0.05) is 53.4 Å². The van der Waals surface area contributed by atoms with Crippen LogP contribution >= 0.6 is 35.3 Å². The predicted octanol–water partition coefficient (Wildman–Crippen LogP) is 4.79. The molecule has 0 aliphatic rings. The second-order valence-corrected chi connectivity index (χ2v) is 7.99. The van der Waals surface area contributed by atoms with Crippen molar-refractivity contribution in [3.63, 3.8) is 0 Å². The zero-order valence-electron chi connectivity index (χ0n) is 14.0. The highest BCUT2D eigenvalue weighted by Gasteiger charge is 2.11. The van der Waals surface area contributed by atoms with E-state index in [-0.39, 0.29) is 11.7 Å². The maximum absolute atomic E-state index is 12.3. The summed E-state index contributed by atoms with van der Waals surface area (Å²) in [6.07, 6.45) is 0. The van der Waals surface area contributed by atoms with Gasteiger partial charge in [-0.2, -0.15) is 0 Å². The Labute approximate surface area is 165 Å². The first-order valence-corrected chi connectivity index (χ1v) is 10.2. The molecule has 0 unspecified atom stereocenters. The van der Waals surface area contributed by atoms with Crippen LogP contribution in [0.1, 0.15) is 6.92 Å². The van der Waals surface area contributed by atoms with Gasteiger partial charge in [-0.05, 0) is 43.4 Å². The molecule has 0 aliphatic carbocycles. The summed E-state index contributed by atoms with van der Waals surface area (Å²) in [5, 5.41) is 7.37. The first kappa shape index (κ1) is 18.6. The largest absolute Gasteiger partial charge is 0.492 e. The van der Waals surface area contributed by atoms with Crippen molar-refractivity contribution in [3.8, 4) is 11.4 Å². The molecule has 3 rings (SSSR count). The molecule has 0 spiro atoms. The summed E-state index contributed by atoms with van der Waals surface area (Å²) >= 11 is 8.13. The molecule has 1 heterocycles. The van der Waals surface area contributed by atoms with Crippen LogP contribution in [0.3, 0.4) is 0 Å². The average Bonchev–Trinajstić information content (AvgIpc) is 3.03. The maximum Gasteiger partial charge on any atom is 0.234 e. The van der Waals surface area contributed by atoms with Gasteiger partial charge in [0.2, 0.25) is 5.91 Å². The van der Waals surface area contributed by atoms with Crippen LogP contribution in [0.5, 0.6) is 5.75 Å². The molecule has 1 amide bonds. The number of aromatic nitrogens is 2. The summed E-state index contributed by atoms with van der Waals surface area (Å²) in [7, 11) is 0. The minimum Gasteiger partial charge on any atom is -0.492 e. The lowest BCUT2D eigenvalue weighted by molar-refractivity contribution is -0.113. The molecule has 0 aliphatic heterocycles. The molecule has 1 aromatic heterocycles. The van der Waals surface area contributed by atoms with E-state index in [9.17, 15) is 4.79 Å². The first-order valence-electron chi connectivity index (χ1n) is 7.97. The van der Waals surface area contributed by atoms with Gasteiger partial charge in [0.25, 0.3) is 0 Å². The first-order chi connectivity index (χ1) is 12.7. The number of rotatable bonds is 7. The van der Waals surface area contributed by atoms with Crippen LogP contribution in [0, 0.1) is 3.95 Å².